The molecule has 1 N–H and O–H groups in total. The van der Waals surface area contributed by atoms with Crippen molar-refractivity contribution in [3.63, 3.8) is 0 Å². The number of nitrogens with zero attached hydrogens (tertiary/aromatic N) is 1. The summed E-state index contributed by atoms with van der Waals surface area (Å²) < 4.78 is 34.3. The average Bonchev–Trinajstić information content (AvgIpc) is 2.64. The van der Waals surface area contributed by atoms with Crippen LogP contribution >= 0.6 is 27.7 Å². The summed E-state index contributed by atoms with van der Waals surface area (Å²) in [6.45, 7) is 3.95. The molecule has 0 bridgehead atoms. The van der Waals surface area contributed by atoms with Gasteiger partial charge in [-0.15, -0.1) is 0 Å². The number of ether oxygens (including phenoxy) is 1. The van der Waals surface area contributed by atoms with E-state index in [4.69, 9.17) is 4.74 Å². The highest BCUT2D eigenvalue weighted by Crippen LogP contribution is 2.31. The first-order valence-corrected chi connectivity index (χ1v) is 11.6. The SMILES string of the molecule is COc1ccc(Br)cc1S(=O)(=O)Nc1ccc(N2CCSCC2)cc1C. The number of rotatable bonds is 5. The fourth-order valence-electron chi connectivity index (χ4n) is 2.84. The number of methoxy groups -OCH3 is 1. The summed E-state index contributed by atoms with van der Waals surface area (Å²) in [5.74, 6) is 2.55. The summed E-state index contributed by atoms with van der Waals surface area (Å²) in [5.41, 5.74) is 2.59. The zero-order valence-corrected chi connectivity index (χ0v) is 17.9. The van der Waals surface area contributed by atoms with Crippen LogP contribution in [0.4, 0.5) is 11.4 Å². The minimum atomic E-state index is -3.76. The van der Waals surface area contributed by atoms with Crippen molar-refractivity contribution in [1.82, 2.24) is 0 Å². The molecule has 3 rings (SSSR count). The highest BCUT2D eigenvalue weighted by Gasteiger charge is 2.21. The summed E-state index contributed by atoms with van der Waals surface area (Å²) in [5, 5.41) is 0. The standard InChI is InChI=1S/C18H21BrN2O3S2/c1-13-11-15(21-7-9-25-10-8-21)4-5-16(13)20-26(22,23)18-12-14(19)3-6-17(18)24-2/h3-6,11-12,20H,7-10H2,1-2H3. The van der Waals surface area contributed by atoms with Gasteiger partial charge in [-0.25, -0.2) is 8.42 Å². The molecule has 0 aromatic heterocycles. The molecule has 0 aliphatic carbocycles. The monoisotopic (exact) mass is 456 g/mol. The predicted molar refractivity (Wildman–Crippen MR) is 112 cm³/mol. The highest BCUT2D eigenvalue weighted by molar-refractivity contribution is 9.10. The maximum Gasteiger partial charge on any atom is 0.265 e. The van der Waals surface area contributed by atoms with E-state index in [2.05, 4.69) is 25.6 Å². The van der Waals surface area contributed by atoms with Crippen LogP contribution in [0, 0.1) is 6.92 Å². The smallest absolute Gasteiger partial charge is 0.265 e. The molecule has 1 heterocycles. The Hall–Kier alpha value is -1.38. The molecule has 0 spiro atoms. The van der Waals surface area contributed by atoms with Gasteiger partial charge in [0.1, 0.15) is 10.6 Å². The maximum atomic E-state index is 12.8. The zero-order chi connectivity index (χ0) is 18.7. The van der Waals surface area contributed by atoms with E-state index in [1.807, 2.05) is 36.9 Å². The van der Waals surface area contributed by atoms with E-state index in [1.54, 1.807) is 12.1 Å². The quantitative estimate of drug-likeness (QED) is 0.732. The maximum absolute atomic E-state index is 12.8. The van der Waals surface area contributed by atoms with Gasteiger partial charge in [0.15, 0.2) is 0 Å². The first-order chi connectivity index (χ1) is 12.4. The summed E-state index contributed by atoms with van der Waals surface area (Å²) in [4.78, 5) is 2.44. The van der Waals surface area contributed by atoms with Gasteiger partial charge in [0, 0.05) is 34.8 Å². The second-order valence-electron chi connectivity index (χ2n) is 6.00. The van der Waals surface area contributed by atoms with Gasteiger partial charge in [0.2, 0.25) is 0 Å². The second kappa shape index (κ2) is 8.10. The van der Waals surface area contributed by atoms with Gasteiger partial charge in [-0.3, -0.25) is 4.72 Å². The first kappa shape index (κ1) is 19.4. The molecule has 0 amide bonds. The van der Waals surface area contributed by atoms with E-state index in [0.717, 1.165) is 35.8 Å². The van der Waals surface area contributed by atoms with Crippen molar-refractivity contribution in [2.75, 3.05) is 41.3 Å². The Bertz CT molecular complexity index is 897. The number of thioether (sulfide) groups is 1. The molecule has 2 aromatic rings. The fraction of sp³-hybridized carbons (Fsp3) is 0.333. The molecule has 26 heavy (non-hydrogen) atoms. The third-order valence-corrected chi connectivity index (χ3v) is 7.07. The van der Waals surface area contributed by atoms with E-state index in [-0.39, 0.29) is 4.90 Å². The first-order valence-electron chi connectivity index (χ1n) is 8.20. The molecular weight excluding hydrogens is 436 g/mol. The molecule has 0 saturated carbocycles. The van der Waals surface area contributed by atoms with Gasteiger partial charge in [-0.2, -0.15) is 11.8 Å². The molecule has 2 aromatic carbocycles. The lowest BCUT2D eigenvalue weighted by Crippen LogP contribution is -2.32. The Morgan fingerprint density at radius 3 is 2.54 bits per heavy atom. The van der Waals surface area contributed by atoms with Gasteiger partial charge in [-0.05, 0) is 48.9 Å². The topological polar surface area (TPSA) is 58.6 Å². The Morgan fingerprint density at radius 1 is 1.15 bits per heavy atom. The number of hydrogen-bond acceptors (Lipinski definition) is 5. The van der Waals surface area contributed by atoms with Crippen LogP contribution in [0.5, 0.6) is 5.75 Å². The van der Waals surface area contributed by atoms with Crippen LogP contribution in [0.25, 0.3) is 0 Å². The van der Waals surface area contributed by atoms with Gasteiger partial charge < -0.3 is 9.64 Å². The molecule has 0 atom stereocenters. The summed E-state index contributed by atoms with van der Waals surface area (Å²) >= 11 is 5.28. The molecule has 140 valence electrons. The zero-order valence-electron chi connectivity index (χ0n) is 14.7. The lowest BCUT2D eigenvalue weighted by atomic mass is 10.1. The Balaban J connectivity index is 1.87. The largest absolute Gasteiger partial charge is 0.495 e. The molecule has 0 unspecified atom stereocenters. The predicted octanol–water partition coefficient (Wildman–Crippen LogP) is 4.12. The third kappa shape index (κ3) is 4.29. The number of sulfonamides is 1. The summed E-state index contributed by atoms with van der Waals surface area (Å²) in [6, 6.07) is 10.7. The Kier molecular flexibility index (Phi) is 6.04. The van der Waals surface area contributed by atoms with Crippen LogP contribution in [-0.4, -0.2) is 40.1 Å². The van der Waals surface area contributed by atoms with Crippen LogP contribution in [0.1, 0.15) is 5.56 Å². The van der Waals surface area contributed by atoms with E-state index in [9.17, 15) is 8.42 Å². The molecule has 1 aliphatic rings. The molecule has 8 heteroatoms. The van der Waals surface area contributed by atoms with Gasteiger partial charge in [0.05, 0.1) is 12.8 Å². The number of anilines is 2. The molecule has 1 saturated heterocycles. The van der Waals surface area contributed by atoms with Crippen LogP contribution in [-0.2, 0) is 10.0 Å². The van der Waals surface area contributed by atoms with Crippen molar-refractivity contribution in [1.29, 1.82) is 0 Å². The lowest BCUT2D eigenvalue weighted by Gasteiger charge is -2.29. The van der Waals surface area contributed by atoms with Crippen molar-refractivity contribution in [3.8, 4) is 5.75 Å². The number of benzene rings is 2. The van der Waals surface area contributed by atoms with Gasteiger partial charge in [-0.1, -0.05) is 15.9 Å². The minimum Gasteiger partial charge on any atom is -0.495 e. The Morgan fingerprint density at radius 2 is 1.88 bits per heavy atom. The van der Waals surface area contributed by atoms with Gasteiger partial charge >= 0.3 is 0 Å². The number of hydrogen-bond donors (Lipinski definition) is 1. The van der Waals surface area contributed by atoms with Crippen LogP contribution in [0.3, 0.4) is 0 Å². The molecule has 1 aliphatic heterocycles. The number of aryl methyl sites for hydroxylation is 1. The van der Waals surface area contributed by atoms with Crippen LogP contribution in [0.2, 0.25) is 0 Å². The second-order valence-corrected chi connectivity index (χ2v) is 9.79. The number of halogens is 1. The molecular formula is C18H21BrN2O3S2. The van der Waals surface area contributed by atoms with Crippen molar-refractivity contribution in [2.45, 2.75) is 11.8 Å². The van der Waals surface area contributed by atoms with Crippen molar-refractivity contribution in [2.24, 2.45) is 0 Å². The highest BCUT2D eigenvalue weighted by atomic mass is 79.9. The molecule has 5 nitrogen and oxygen atoms in total. The fourth-order valence-corrected chi connectivity index (χ4v) is 5.58. The minimum absolute atomic E-state index is 0.103. The molecule has 0 radical (unpaired) electrons. The van der Waals surface area contributed by atoms with Crippen LogP contribution in [0.15, 0.2) is 45.8 Å². The van der Waals surface area contributed by atoms with E-state index >= 15 is 0 Å². The van der Waals surface area contributed by atoms with E-state index < -0.39 is 10.0 Å². The Labute approximate surface area is 167 Å². The lowest BCUT2D eigenvalue weighted by molar-refractivity contribution is 0.403. The molecule has 1 fully saturated rings. The third-order valence-electron chi connectivity index (χ3n) is 4.25. The normalized spacial score (nSPS) is 15.0. The average molecular weight is 457 g/mol. The van der Waals surface area contributed by atoms with Crippen molar-refractivity contribution < 1.29 is 13.2 Å². The summed E-state index contributed by atoms with van der Waals surface area (Å²) in [6.07, 6.45) is 0. The summed E-state index contributed by atoms with van der Waals surface area (Å²) in [7, 11) is -2.30. The van der Waals surface area contributed by atoms with Crippen molar-refractivity contribution >= 4 is 49.1 Å². The van der Waals surface area contributed by atoms with Gasteiger partial charge in [0.25, 0.3) is 10.0 Å². The van der Waals surface area contributed by atoms with E-state index in [1.165, 1.54) is 13.2 Å². The number of nitrogens with one attached hydrogen (secondary N) is 1. The van der Waals surface area contributed by atoms with Crippen molar-refractivity contribution in [3.05, 3.63) is 46.4 Å². The van der Waals surface area contributed by atoms with Crippen LogP contribution < -0.4 is 14.4 Å². The van der Waals surface area contributed by atoms with E-state index in [0.29, 0.717) is 15.9 Å².